The Morgan fingerprint density at radius 1 is 1.26 bits per heavy atom. The Kier molecular flexibility index (Phi) is 3.39. The van der Waals surface area contributed by atoms with Crippen molar-refractivity contribution < 1.29 is 0 Å². The van der Waals surface area contributed by atoms with Gasteiger partial charge in [0, 0.05) is 19.0 Å². The van der Waals surface area contributed by atoms with Crippen LogP contribution in [0.15, 0.2) is 24.3 Å². The lowest BCUT2D eigenvalue weighted by atomic mass is 9.86. The second kappa shape index (κ2) is 4.85. The molecule has 4 nitrogen and oxygen atoms in total. The molecule has 0 unspecified atom stereocenters. The SMILES string of the molecule is CCc1nc(-c2ccc(C(C)(C)C#N)cc2)nn1C. The van der Waals surface area contributed by atoms with Gasteiger partial charge in [0.2, 0.25) is 0 Å². The number of hydrogen-bond donors (Lipinski definition) is 0. The highest BCUT2D eigenvalue weighted by molar-refractivity contribution is 5.56. The zero-order chi connectivity index (χ0) is 14.0. The van der Waals surface area contributed by atoms with Crippen LogP contribution in [0.25, 0.3) is 11.4 Å². The average Bonchev–Trinajstić information content (AvgIpc) is 2.80. The number of nitrogens with zero attached hydrogens (tertiary/aromatic N) is 4. The van der Waals surface area contributed by atoms with E-state index in [2.05, 4.69) is 23.1 Å². The van der Waals surface area contributed by atoms with Gasteiger partial charge in [0.15, 0.2) is 5.82 Å². The molecule has 0 fully saturated rings. The van der Waals surface area contributed by atoms with Crippen LogP contribution in [0.5, 0.6) is 0 Å². The van der Waals surface area contributed by atoms with Crippen LogP contribution in [0, 0.1) is 11.3 Å². The largest absolute Gasteiger partial charge is 0.253 e. The number of aryl methyl sites for hydroxylation is 2. The molecule has 2 rings (SSSR count). The van der Waals surface area contributed by atoms with Crippen molar-refractivity contribution in [1.29, 1.82) is 5.26 Å². The minimum absolute atomic E-state index is 0.468. The lowest BCUT2D eigenvalue weighted by molar-refractivity contribution is 0.687. The van der Waals surface area contributed by atoms with Crippen molar-refractivity contribution >= 4 is 0 Å². The standard InChI is InChI=1S/C15H18N4/c1-5-13-17-14(18-19(13)4)11-6-8-12(9-7-11)15(2,3)10-16/h6-9H,5H2,1-4H3. The summed E-state index contributed by atoms with van der Waals surface area (Å²) in [6.07, 6.45) is 0.864. The summed E-state index contributed by atoms with van der Waals surface area (Å²) in [5.74, 6) is 1.71. The van der Waals surface area contributed by atoms with Gasteiger partial charge in [0.05, 0.1) is 11.5 Å². The molecular weight excluding hydrogens is 236 g/mol. The summed E-state index contributed by atoms with van der Waals surface area (Å²) in [5.41, 5.74) is 1.52. The molecule has 2 aromatic rings. The average molecular weight is 254 g/mol. The summed E-state index contributed by atoms with van der Waals surface area (Å²) in [5, 5.41) is 13.5. The normalized spacial score (nSPS) is 11.3. The Labute approximate surface area is 113 Å². The van der Waals surface area contributed by atoms with E-state index < -0.39 is 5.41 Å². The smallest absolute Gasteiger partial charge is 0.181 e. The lowest BCUT2D eigenvalue weighted by Gasteiger charge is -2.15. The van der Waals surface area contributed by atoms with Gasteiger partial charge >= 0.3 is 0 Å². The maximum Gasteiger partial charge on any atom is 0.181 e. The maximum absolute atomic E-state index is 9.13. The van der Waals surface area contributed by atoms with E-state index in [1.807, 2.05) is 49.8 Å². The summed E-state index contributed by atoms with van der Waals surface area (Å²) < 4.78 is 1.81. The predicted octanol–water partition coefficient (Wildman–Crippen LogP) is 2.85. The Hall–Kier alpha value is -2.15. The van der Waals surface area contributed by atoms with Crippen LogP contribution in [0.3, 0.4) is 0 Å². The van der Waals surface area contributed by atoms with Crippen LogP contribution in [-0.4, -0.2) is 14.8 Å². The molecule has 0 atom stereocenters. The van der Waals surface area contributed by atoms with Gasteiger partial charge in [-0.05, 0) is 19.4 Å². The van der Waals surface area contributed by atoms with E-state index >= 15 is 0 Å². The van der Waals surface area contributed by atoms with Gasteiger partial charge in [-0.3, -0.25) is 4.68 Å². The Morgan fingerprint density at radius 2 is 1.89 bits per heavy atom. The van der Waals surface area contributed by atoms with Gasteiger partial charge in [-0.2, -0.15) is 10.4 Å². The molecule has 98 valence electrons. The molecule has 1 aromatic heterocycles. The molecule has 0 bridgehead atoms. The monoisotopic (exact) mass is 254 g/mol. The highest BCUT2D eigenvalue weighted by atomic mass is 15.3. The minimum Gasteiger partial charge on any atom is -0.253 e. The number of rotatable bonds is 3. The zero-order valence-electron chi connectivity index (χ0n) is 11.8. The minimum atomic E-state index is -0.468. The van der Waals surface area contributed by atoms with Crippen LogP contribution in [0.2, 0.25) is 0 Å². The van der Waals surface area contributed by atoms with Gasteiger partial charge in [0.1, 0.15) is 5.82 Å². The molecule has 0 aliphatic carbocycles. The van der Waals surface area contributed by atoms with Crippen molar-refractivity contribution in [3.8, 4) is 17.5 Å². The molecule has 0 aliphatic heterocycles. The summed E-state index contributed by atoms with van der Waals surface area (Å²) in [7, 11) is 1.91. The fourth-order valence-corrected chi connectivity index (χ4v) is 1.95. The summed E-state index contributed by atoms with van der Waals surface area (Å²) in [4.78, 5) is 4.50. The summed E-state index contributed by atoms with van der Waals surface area (Å²) in [6.45, 7) is 5.89. The van der Waals surface area contributed by atoms with E-state index in [0.717, 1.165) is 29.2 Å². The van der Waals surface area contributed by atoms with Crippen LogP contribution < -0.4 is 0 Å². The van der Waals surface area contributed by atoms with Gasteiger partial charge in [-0.25, -0.2) is 4.98 Å². The predicted molar refractivity (Wildman–Crippen MR) is 74.5 cm³/mol. The van der Waals surface area contributed by atoms with Gasteiger partial charge in [-0.15, -0.1) is 0 Å². The zero-order valence-corrected chi connectivity index (χ0v) is 11.8. The Morgan fingerprint density at radius 3 is 2.37 bits per heavy atom. The molecule has 0 N–H and O–H groups in total. The highest BCUT2D eigenvalue weighted by Gasteiger charge is 2.19. The maximum atomic E-state index is 9.13. The van der Waals surface area contributed by atoms with Crippen LogP contribution in [0.1, 0.15) is 32.2 Å². The van der Waals surface area contributed by atoms with Gasteiger partial charge < -0.3 is 0 Å². The number of nitriles is 1. The van der Waals surface area contributed by atoms with Crippen LogP contribution >= 0.6 is 0 Å². The second-order valence-corrected chi connectivity index (χ2v) is 5.14. The first kappa shape index (κ1) is 13.3. The molecule has 1 heterocycles. The van der Waals surface area contributed by atoms with E-state index in [9.17, 15) is 0 Å². The third-order valence-electron chi connectivity index (χ3n) is 3.31. The first-order valence-electron chi connectivity index (χ1n) is 6.40. The third kappa shape index (κ3) is 2.50. The topological polar surface area (TPSA) is 54.5 Å². The Bertz CT molecular complexity index is 615. The Balaban J connectivity index is 2.35. The molecule has 0 amide bonds. The molecule has 4 heteroatoms. The van der Waals surface area contributed by atoms with Crippen LogP contribution in [-0.2, 0) is 18.9 Å². The van der Waals surface area contributed by atoms with Crippen molar-refractivity contribution in [2.45, 2.75) is 32.6 Å². The molecule has 0 saturated carbocycles. The van der Waals surface area contributed by atoms with E-state index in [4.69, 9.17) is 5.26 Å². The van der Waals surface area contributed by atoms with Crippen molar-refractivity contribution in [2.75, 3.05) is 0 Å². The molecule has 1 aromatic carbocycles. The molecule has 0 saturated heterocycles. The molecule has 0 spiro atoms. The van der Waals surface area contributed by atoms with Crippen molar-refractivity contribution in [2.24, 2.45) is 7.05 Å². The first-order chi connectivity index (χ1) is 8.97. The fraction of sp³-hybridized carbons (Fsp3) is 0.400. The summed E-state index contributed by atoms with van der Waals surface area (Å²) in [6, 6.07) is 10.2. The van der Waals surface area contributed by atoms with Gasteiger partial charge in [0.25, 0.3) is 0 Å². The van der Waals surface area contributed by atoms with E-state index in [1.54, 1.807) is 0 Å². The van der Waals surface area contributed by atoms with Crippen molar-refractivity contribution in [3.05, 3.63) is 35.7 Å². The molecule has 0 aliphatic rings. The fourth-order valence-electron chi connectivity index (χ4n) is 1.95. The van der Waals surface area contributed by atoms with E-state index in [-0.39, 0.29) is 0 Å². The first-order valence-corrected chi connectivity index (χ1v) is 6.40. The number of hydrogen-bond acceptors (Lipinski definition) is 3. The van der Waals surface area contributed by atoms with Crippen molar-refractivity contribution in [3.63, 3.8) is 0 Å². The third-order valence-corrected chi connectivity index (χ3v) is 3.31. The van der Waals surface area contributed by atoms with E-state index in [0.29, 0.717) is 0 Å². The van der Waals surface area contributed by atoms with Crippen LogP contribution in [0.4, 0.5) is 0 Å². The molecule has 19 heavy (non-hydrogen) atoms. The number of benzene rings is 1. The quantitative estimate of drug-likeness (QED) is 0.846. The second-order valence-electron chi connectivity index (χ2n) is 5.14. The number of aromatic nitrogens is 3. The molecular formula is C15H18N4. The molecule has 0 radical (unpaired) electrons. The van der Waals surface area contributed by atoms with E-state index in [1.165, 1.54) is 0 Å². The highest BCUT2D eigenvalue weighted by Crippen LogP contribution is 2.24. The summed E-state index contributed by atoms with van der Waals surface area (Å²) >= 11 is 0. The lowest BCUT2D eigenvalue weighted by Crippen LogP contribution is -2.13. The van der Waals surface area contributed by atoms with Gasteiger partial charge in [-0.1, -0.05) is 31.2 Å². The van der Waals surface area contributed by atoms with Crippen molar-refractivity contribution in [1.82, 2.24) is 14.8 Å².